The molecule has 98 heavy (non-hydrogen) atoms. The number of nitrogens with zero attached hydrogens (tertiary/aromatic N) is 9. The van der Waals surface area contributed by atoms with Crippen LogP contribution in [0.3, 0.4) is 0 Å². The van der Waals surface area contributed by atoms with Gasteiger partial charge in [-0.2, -0.15) is 0 Å². The highest BCUT2D eigenvalue weighted by Crippen LogP contribution is 2.30. The van der Waals surface area contributed by atoms with Gasteiger partial charge in [0, 0.05) is 118 Å². The van der Waals surface area contributed by atoms with E-state index in [-0.39, 0.29) is 88.3 Å². The lowest BCUT2D eigenvalue weighted by molar-refractivity contribution is -0.157. The molecule has 2 aliphatic rings. The third-order valence-electron chi connectivity index (χ3n) is 19.9. The van der Waals surface area contributed by atoms with Crippen LogP contribution in [-0.4, -0.2) is 277 Å². The number of nitrogens with one attached hydrogen (secondary N) is 1. The number of ether oxygens (including phenoxy) is 2. The Bertz CT molecular complexity index is 2710. The van der Waals surface area contributed by atoms with E-state index in [1.807, 2.05) is 48.6 Å². The molecule has 2 aliphatic heterocycles. The maximum absolute atomic E-state index is 15.3. The van der Waals surface area contributed by atoms with Gasteiger partial charge in [0.1, 0.15) is 48.6 Å². The van der Waals surface area contributed by atoms with E-state index in [1.54, 1.807) is 86.3 Å². The Labute approximate surface area is 587 Å². The molecule has 25 nitrogen and oxygen atoms in total. The first-order chi connectivity index (χ1) is 45.5. The maximum atomic E-state index is 15.3. The number of piperazine rings is 1. The summed E-state index contributed by atoms with van der Waals surface area (Å²) in [5.74, 6) is -12.3. The van der Waals surface area contributed by atoms with Gasteiger partial charge < -0.3 is 64.0 Å². The van der Waals surface area contributed by atoms with Gasteiger partial charge in [-0.3, -0.25) is 52.7 Å². The molecule has 0 saturated carbocycles. The van der Waals surface area contributed by atoms with E-state index >= 15 is 33.6 Å². The third kappa shape index (κ3) is 24.5. The van der Waals surface area contributed by atoms with Crippen molar-refractivity contribution in [1.29, 1.82) is 0 Å². The fourth-order valence-electron chi connectivity index (χ4n) is 13.2. The number of hydrogen-bond acceptors (Lipinski definition) is 16. The average Bonchev–Trinajstić information content (AvgIpc) is 0.810. The van der Waals surface area contributed by atoms with Crippen LogP contribution in [0.25, 0.3) is 0 Å². The number of ketones is 3. The summed E-state index contributed by atoms with van der Waals surface area (Å²) in [4.78, 5) is 190. The Morgan fingerprint density at radius 3 is 1.50 bits per heavy atom. The average molecular weight is 1390 g/mol. The number of aliphatic hydroxyl groups excluding tert-OH is 1. The van der Waals surface area contributed by atoms with Gasteiger partial charge in [0.05, 0.1) is 31.4 Å². The van der Waals surface area contributed by atoms with Gasteiger partial charge >= 0.3 is 6.09 Å². The molecule has 0 bridgehead atoms. The normalized spacial score (nSPS) is 27.3. The zero-order valence-electron chi connectivity index (χ0n) is 64.4. The van der Waals surface area contributed by atoms with E-state index in [2.05, 4.69) is 10.2 Å². The number of carbonyl (C=O) groups excluding carboxylic acids is 12. The number of carbonyl (C=O) groups is 12. The van der Waals surface area contributed by atoms with Gasteiger partial charge in [-0.05, 0) is 88.5 Å². The van der Waals surface area contributed by atoms with Crippen LogP contribution in [0.1, 0.15) is 169 Å². The lowest BCUT2D eigenvalue weighted by atomic mass is 9.83. The van der Waals surface area contributed by atoms with Crippen LogP contribution in [0.2, 0.25) is 0 Å². The minimum Gasteiger partial charge on any atom is -0.447 e. The highest BCUT2D eigenvalue weighted by molar-refractivity contribution is 6.00. The second kappa shape index (κ2) is 40.8. The van der Waals surface area contributed by atoms with Gasteiger partial charge in [0.15, 0.2) is 11.6 Å². The van der Waals surface area contributed by atoms with Crippen molar-refractivity contribution >= 4 is 70.7 Å². The number of likely N-dealkylation sites (N-methyl/N-ethyl adjacent to an activating group) is 8. The summed E-state index contributed by atoms with van der Waals surface area (Å²) >= 11 is 0. The number of allylic oxidation sites excluding steroid dienone is 2. The molecule has 0 aromatic heterocycles. The lowest BCUT2D eigenvalue weighted by Crippen LogP contribution is -2.63. The standard InChI is InChI=1S/C73H128N10O15/c1-26-28-29-48(13)64(87)63-65(88)74-54(27-2)69(92)76(19)52(17)67(90)81(24)62(51(16)42-97-34-35-98-73(96)83-32-30-75(18)31-33-83)60(86)41-53(46(9)10)68(91)77(20)55(36-43(3)4)59(85)39-49(14)58(84)40-50(15)66(89)78(21)56(37-44(5)6)70(93)79(22)57(38-45(7)8)71(94)80(23)61(47(11)12)72(95)82(63)25/h26,28,43-57,61-64,87H,27,29-42H2,1-25H3,(H,74,88)/b28-26+/t48-,49-,50+,51-,52-,53+,54+,55+,56+,57+,61+,62+,63?,64-/m1/s1. The molecular weight excluding hydrogens is 1260 g/mol. The van der Waals surface area contributed by atoms with E-state index in [1.165, 1.54) is 80.8 Å². The van der Waals surface area contributed by atoms with Crippen molar-refractivity contribution in [3.8, 4) is 0 Å². The molecule has 25 heteroatoms. The predicted molar refractivity (Wildman–Crippen MR) is 378 cm³/mol. The summed E-state index contributed by atoms with van der Waals surface area (Å²) < 4.78 is 11.6. The van der Waals surface area contributed by atoms with E-state index in [4.69, 9.17) is 9.47 Å². The first-order valence-corrected chi connectivity index (χ1v) is 35.7. The van der Waals surface area contributed by atoms with Crippen LogP contribution < -0.4 is 5.32 Å². The number of Topliss-reactive ketones (excluding diaryl/α,β-unsaturated/α-hetero) is 3. The molecule has 2 fully saturated rings. The van der Waals surface area contributed by atoms with E-state index in [9.17, 15) is 29.1 Å². The first kappa shape index (κ1) is 87.7. The van der Waals surface area contributed by atoms with Crippen molar-refractivity contribution in [2.45, 2.75) is 224 Å². The van der Waals surface area contributed by atoms with E-state index in [0.717, 1.165) is 9.80 Å². The highest BCUT2D eigenvalue weighted by Gasteiger charge is 2.47. The van der Waals surface area contributed by atoms with Crippen LogP contribution in [0, 0.1) is 59.2 Å². The Morgan fingerprint density at radius 1 is 0.520 bits per heavy atom. The van der Waals surface area contributed by atoms with E-state index < -0.39 is 161 Å². The minimum absolute atomic E-state index is 0.0172. The zero-order chi connectivity index (χ0) is 75.2. The van der Waals surface area contributed by atoms with Crippen LogP contribution >= 0.6 is 0 Å². The van der Waals surface area contributed by atoms with Gasteiger partial charge in [0.25, 0.3) is 0 Å². The van der Waals surface area contributed by atoms with Crippen LogP contribution in [0.4, 0.5) is 4.79 Å². The van der Waals surface area contributed by atoms with Crippen molar-refractivity contribution < 1.29 is 72.1 Å². The molecule has 2 N–H and O–H groups in total. The van der Waals surface area contributed by atoms with Gasteiger partial charge in [-0.25, -0.2) is 4.79 Å². The zero-order valence-corrected chi connectivity index (χ0v) is 64.4. The van der Waals surface area contributed by atoms with Gasteiger partial charge in [-0.15, -0.1) is 0 Å². The number of hydrogen-bond donors (Lipinski definition) is 2. The van der Waals surface area contributed by atoms with Crippen molar-refractivity contribution in [3.05, 3.63) is 12.2 Å². The molecule has 0 spiro atoms. The molecule has 1 unspecified atom stereocenters. The van der Waals surface area contributed by atoms with Crippen molar-refractivity contribution in [2.75, 3.05) is 102 Å². The topological polar surface area (TPSA) is 285 Å². The van der Waals surface area contributed by atoms with Crippen LogP contribution in [0.15, 0.2) is 12.2 Å². The summed E-state index contributed by atoms with van der Waals surface area (Å²) in [6.45, 7) is 32.0. The summed E-state index contributed by atoms with van der Waals surface area (Å²) in [6, 6.07) is -10.1. The minimum atomic E-state index is -1.65. The van der Waals surface area contributed by atoms with Crippen LogP contribution in [-0.2, 0) is 62.2 Å². The fraction of sp³-hybridized carbons (Fsp3) is 0.808. The van der Waals surface area contributed by atoms with Crippen molar-refractivity contribution in [1.82, 2.24) is 49.4 Å². The second-order valence-corrected chi connectivity index (χ2v) is 30.2. The number of rotatable bonds is 19. The summed E-state index contributed by atoms with van der Waals surface area (Å²) in [6.07, 6.45) is 1.46. The molecule has 560 valence electrons. The molecule has 2 saturated heterocycles. The fourth-order valence-corrected chi connectivity index (χ4v) is 13.2. The number of aliphatic hydroxyl groups is 1. The molecule has 0 aromatic rings. The molecular formula is C73H128N10O15. The van der Waals surface area contributed by atoms with Gasteiger partial charge in [-0.1, -0.05) is 116 Å². The largest absolute Gasteiger partial charge is 0.447 e. The first-order valence-electron chi connectivity index (χ1n) is 35.7. The smallest absolute Gasteiger partial charge is 0.409 e. The maximum Gasteiger partial charge on any atom is 0.409 e. The number of amides is 9. The molecule has 14 atom stereocenters. The van der Waals surface area contributed by atoms with Crippen molar-refractivity contribution in [2.24, 2.45) is 59.2 Å². The Kier molecular flexibility index (Phi) is 36.5. The Hall–Kier alpha value is -6.34. The molecule has 2 heterocycles. The summed E-state index contributed by atoms with van der Waals surface area (Å²) in [5, 5.41) is 15.0. The monoisotopic (exact) mass is 1380 g/mol. The quantitative estimate of drug-likeness (QED) is 0.112. The van der Waals surface area contributed by atoms with Crippen molar-refractivity contribution in [3.63, 3.8) is 0 Å². The van der Waals surface area contributed by atoms with Gasteiger partial charge in [0.2, 0.25) is 47.3 Å². The van der Waals surface area contributed by atoms with Crippen LogP contribution in [0.5, 0.6) is 0 Å². The summed E-state index contributed by atoms with van der Waals surface area (Å²) in [7, 11) is 12.0. The Morgan fingerprint density at radius 2 is 1.00 bits per heavy atom. The molecule has 0 aromatic carbocycles. The highest BCUT2D eigenvalue weighted by atomic mass is 16.6. The predicted octanol–water partition coefficient (Wildman–Crippen LogP) is 5.92. The second-order valence-electron chi connectivity index (χ2n) is 30.2. The Balaban J connectivity index is 3.00. The molecule has 9 amide bonds. The van der Waals surface area contributed by atoms with E-state index in [0.29, 0.717) is 32.6 Å². The molecule has 0 radical (unpaired) electrons. The lowest BCUT2D eigenvalue weighted by Gasteiger charge is -2.41. The SMILES string of the molecule is C/C=C/C[C@@H](C)[C@@H](O)C1C(=O)N[C@@H](CC)C(=O)N(C)[C@H](C)C(=O)N(C)[C@@H]([C@H](C)COCCOC(=O)N2CCN(C)CC2)C(=O)C[C@@H](C(C)C)C(=O)N(C)[C@@H](CC(C)C)C(=O)C[C@@H](C)C(=O)C[C@H](C)C(=O)N(C)[C@@H](CC(C)C)C(=O)N(C)[C@@H](CC(C)C)C(=O)N(C)[C@@H](C(C)C)C(=O)N1C. The third-order valence-corrected chi connectivity index (χ3v) is 19.9. The summed E-state index contributed by atoms with van der Waals surface area (Å²) in [5.41, 5.74) is 0. The molecule has 2 rings (SSSR count). The molecule has 0 aliphatic carbocycles.